The highest BCUT2D eigenvalue weighted by Crippen LogP contribution is 2.47. The summed E-state index contributed by atoms with van der Waals surface area (Å²) < 4.78 is 12.7. The van der Waals surface area contributed by atoms with Gasteiger partial charge in [0.15, 0.2) is 5.82 Å². The molecule has 0 bridgehead atoms. The van der Waals surface area contributed by atoms with Crippen molar-refractivity contribution in [2.45, 2.75) is 35.8 Å². The number of fused-ring (bicyclic) bond motifs is 1. The van der Waals surface area contributed by atoms with E-state index in [9.17, 15) is 24.5 Å². The summed E-state index contributed by atoms with van der Waals surface area (Å²) in [6, 6.07) is 9.22. The first-order chi connectivity index (χ1) is 22.3. The first kappa shape index (κ1) is 31.3. The molecule has 1 aromatic carbocycles. The number of nitro groups is 1. The number of aromatic amines is 1. The number of esters is 1. The number of H-pyrrole nitrogens is 1. The van der Waals surface area contributed by atoms with E-state index in [-0.39, 0.29) is 36.7 Å². The van der Waals surface area contributed by atoms with Crippen molar-refractivity contribution in [3.05, 3.63) is 79.4 Å². The van der Waals surface area contributed by atoms with Gasteiger partial charge in [0.05, 0.1) is 11.3 Å². The van der Waals surface area contributed by atoms with Crippen LogP contribution in [0, 0.1) is 10.1 Å². The molecule has 2 atom stereocenters. The number of tetrazole rings is 2. The Labute approximate surface area is 271 Å². The molecular weight excluding hydrogens is 663 g/mol. The molecule has 2 N–H and O–H groups in total. The fourth-order valence-electron chi connectivity index (χ4n) is 4.73. The minimum absolute atomic E-state index is 0.0144. The number of hydrogen-bond donors (Lipinski definition) is 2. The summed E-state index contributed by atoms with van der Waals surface area (Å²) in [5.74, 6) is -0.945. The van der Waals surface area contributed by atoms with Gasteiger partial charge in [-0.25, -0.2) is 9.48 Å². The highest BCUT2D eigenvalue weighted by molar-refractivity contribution is 8.01. The van der Waals surface area contributed by atoms with Crippen molar-refractivity contribution in [2.75, 3.05) is 18.6 Å². The number of hydrogen-bond acceptors (Lipinski definition) is 16. The molecule has 0 radical (unpaired) electrons. The van der Waals surface area contributed by atoms with Crippen LogP contribution in [0.3, 0.4) is 0 Å². The Morgan fingerprint density at radius 2 is 2.09 bits per heavy atom. The molecular formula is C25H23N11O7S3. The Bertz CT molecular complexity index is 1780. The van der Waals surface area contributed by atoms with Crippen molar-refractivity contribution in [2.24, 2.45) is 0 Å². The maximum Gasteiger partial charge on any atom is 0.355 e. The quantitative estimate of drug-likeness (QED) is 0.0498. The topological polar surface area (TPSA) is 226 Å². The maximum absolute atomic E-state index is 13.8. The molecule has 6 rings (SSSR count). The number of nitrogens with one attached hydrogen (secondary N) is 2. The van der Waals surface area contributed by atoms with Crippen LogP contribution < -0.4 is 5.32 Å². The fraction of sp³-hybridized carbons (Fsp3) is 0.320. The number of thioether (sulfide) groups is 2. The van der Waals surface area contributed by atoms with E-state index >= 15 is 0 Å². The zero-order valence-corrected chi connectivity index (χ0v) is 26.2. The van der Waals surface area contributed by atoms with Gasteiger partial charge in [-0.05, 0) is 45.1 Å². The average molecular weight is 686 g/mol. The van der Waals surface area contributed by atoms with Gasteiger partial charge in [-0.15, -0.1) is 38.4 Å². The smallest absolute Gasteiger partial charge is 0.355 e. The van der Waals surface area contributed by atoms with Gasteiger partial charge >= 0.3 is 5.97 Å². The van der Waals surface area contributed by atoms with Crippen LogP contribution in [-0.4, -0.2) is 98.2 Å². The lowest BCUT2D eigenvalue weighted by molar-refractivity contribution is -0.384. The molecule has 5 heterocycles. The van der Waals surface area contributed by atoms with E-state index in [4.69, 9.17) is 9.47 Å². The third kappa shape index (κ3) is 6.21. The van der Waals surface area contributed by atoms with Crippen LogP contribution in [0.5, 0.6) is 0 Å². The number of β-lactam (4-membered cyclic amide) rings is 1. The molecule has 238 valence electrons. The minimum atomic E-state index is -1.68. The number of amides is 2. The third-order valence-corrected chi connectivity index (χ3v) is 10.2. The molecule has 1 fully saturated rings. The lowest BCUT2D eigenvalue weighted by Crippen LogP contribution is -2.80. The summed E-state index contributed by atoms with van der Waals surface area (Å²) in [7, 11) is 1.33. The molecule has 18 nitrogen and oxygen atoms in total. The summed E-state index contributed by atoms with van der Waals surface area (Å²) in [5.41, 5.74) is -0.692. The summed E-state index contributed by atoms with van der Waals surface area (Å²) in [5, 5.41) is 40.7. The normalized spacial score (nSPS) is 19.0. The number of aromatic nitrogens is 8. The lowest BCUT2D eigenvalue weighted by atomic mass is 9.98. The van der Waals surface area contributed by atoms with Crippen LogP contribution >= 0.6 is 34.9 Å². The Balaban J connectivity index is 1.23. The number of ether oxygens (including phenoxy) is 2. The maximum atomic E-state index is 13.8. The number of nitrogens with zero attached hydrogens (tertiary/aromatic N) is 9. The van der Waals surface area contributed by atoms with Gasteiger partial charge in [0.25, 0.3) is 17.3 Å². The predicted octanol–water partition coefficient (Wildman–Crippen LogP) is 0.910. The Hall–Kier alpha value is -4.73. The molecule has 2 amide bonds. The lowest BCUT2D eigenvalue weighted by Gasteiger charge is -2.56. The van der Waals surface area contributed by atoms with E-state index in [1.165, 1.54) is 75.8 Å². The molecule has 4 aromatic rings. The minimum Gasteiger partial charge on any atom is -0.456 e. The summed E-state index contributed by atoms with van der Waals surface area (Å²) >= 11 is 3.97. The molecule has 1 saturated heterocycles. The second kappa shape index (κ2) is 13.3. The molecule has 21 heteroatoms. The van der Waals surface area contributed by atoms with Gasteiger partial charge in [-0.1, -0.05) is 23.0 Å². The molecule has 3 aromatic heterocycles. The van der Waals surface area contributed by atoms with E-state index in [0.29, 0.717) is 27.9 Å². The van der Waals surface area contributed by atoms with Gasteiger partial charge in [0, 0.05) is 35.6 Å². The standard InChI is InChI=1S/C25H23N11O7S3/c1-42-25(26-19(37)9-17-3-2-8-44-17)22(39)35-20(21(38)43-11-14-4-6-16(7-5-14)36(40)41)15(12-45-23(25)35)13-46-24-29-32-33-34(24)10-18-27-30-31-28-18/h2-8,23H,9-13H2,1H3,(H,26,37)(H,27,28,30,31)/t23-,25?/m1/s1. The van der Waals surface area contributed by atoms with E-state index in [2.05, 4.69) is 41.5 Å². The van der Waals surface area contributed by atoms with Crippen LogP contribution in [0.15, 0.2) is 58.2 Å². The van der Waals surface area contributed by atoms with Crippen molar-refractivity contribution in [1.82, 2.24) is 51.0 Å². The Morgan fingerprint density at radius 3 is 2.78 bits per heavy atom. The van der Waals surface area contributed by atoms with Crippen molar-refractivity contribution in [3.63, 3.8) is 0 Å². The Kier molecular flexibility index (Phi) is 9.05. The largest absolute Gasteiger partial charge is 0.456 e. The molecule has 2 aliphatic heterocycles. The predicted molar refractivity (Wildman–Crippen MR) is 161 cm³/mol. The van der Waals surface area contributed by atoms with Crippen LogP contribution in [0.1, 0.15) is 16.3 Å². The zero-order valence-electron chi connectivity index (χ0n) is 23.8. The second-order valence-electron chi connectivity index (χ2n) is 9.77. The van der Waals surface area contributed by atoms with Crippen LogP contribution in [0.4, 0.5) is 5.69 Å². The average Bonchev–Trinajstić information content (AvgIpc) is 3.86. The number of benzene rings is 1. The number of carbonyl (C=O) groups is 3. The first-order valence-corrected chi connectivity index (χ1v) is 16.3. The SMILES string of the molecule is COC1(NC(=O)Cc2cccs2)C(=O)N2C(C(=O)OCc3ccc([N+](=O)[O-])cc3)=C(CSc3nnnn3Cc3nn[nH]n3)CS[C@@H]21. The molecule has 2 aliphatic rings. The number of carbonyl (C=O) groups excluding carboxylic acids is 3. The van der Waals surface area contributed by atoms with Gasteiger partial charge in [0.2, 0.25) is 11.1 Å². The van der Waals surface area contributed by atoms with Crippen LogP contribution in [-0.2, 0) is 43.4 Å². The van der Waals surface area contributed by atoms with Gasteiger partial charge in [-0.2, -0.15) is 5.21 Å². The highest BCUT2D eigenvalue weighted by atomic mass is 32.2. The number of non-ortho nitro benzene ring substituents is 1. The van der Waals surface area contributed by atoms with E-state index in [0.717, 1.165) is 4.88 Å². The summed E-state index contributed by atoms with van der Waals surface area (Å²) in [6.07, 6.45) is 0.0634. The molecule has 0 saturated carbocycles. The van der Waals surface area contributed by atoms with Gasteiger partial charge in [-0.3, -0.25) is 24.6 Å². The first-order valence-electron chi connectivity index (χ1n) is 13.4. The summed E-state index contributed by atoms with van der Waals surface area (Å²) in [4.78, 5) is 53.0. The third-order valence-electron chi connectivity index (χ3n) is 6.94. The monoisotopic (exact) mass is 685 g/mol. The molecule has 46 heavy (non-hydrogen) atoms. The van der Waals surface area contributed by atoms with Crippen molar-refractivity contribution < 1.29 is 28.8 Å². The van der Waals surface area contributed by atoms with Crippen molar-refractivity contribution in [3.8, 4) is 0 Å². The van der Waals surface area contributed by atoms with E-state index in [1.54, 1.807) is 0 Å². The number of thiophene rings is 1. The number of nitro benzene ring substituents is 1. The van der Waals surface area contributed by atoms with Gasteiger partial charge < -0.3 is 14.8 Å². The summed E-state index contributed by atoms with van der Waals surface area (Å²) in [6.45, 7) is -0.0471. The Morgan fingerprint density at radius 1 is 1.26 bits per heavy atom. The number of methoxy groups -OCH3 is 1. The zero-order chi connectivity index (χ0) is 32.3. The number of rotatable bonds is 13. The molecule has 1 unspecified atom stereocenters. The van der Waals surface area contributed by atoms with Crippen LogP contribution in [0.25, 0.3) is 0 Å². The van der Waals surface area contributed by atoms with Crippen molar-refractivity contribution >= 4 is 58.3 Å². The van der Waals surface area contributed by atoms with E-state index < -0.39 is 33.8 Å². The van der Waals surface area contributed by atoms with Crippen molar-refractivity contribution in [1.29, 1.82) is 0 Å². The molecule has 0 aliphatic carbocycles. The van der Waals surface area contributed by atoms with E-state index in [1.807, 2.05) is 17.5 Å². The second-order valence-corrected chi connectivity index (χ2v) is 12.8. The molecule has 0 spiro atoms. The highest BCUT2D eigenvalue weighted by Gasteiger charge is 2.66. The van der Waals surface area contributed by atoms with Crippen LogP contribution in [0.2, 0.25) is 0 Å². The van der Waals surface area contributed by atoms with Gasteiger partial charge in [0.1, 0.15) is 24.2 Å². The fourth-order valence-corrected chi connectivity index (χ4v) is 7.89.